The molecule has 0 saturated carbocycles. The van der Waals surface area contributed by atoms with E-state index in [1.54, 1.807) is 0 Å². The van der Waals surface area contributed by atoms with Crippen molar-refractivity contribution in [2.45, 2.75) is 12.2 Å². The summed E-state index contributed by atoms with van der Waals surface area (Å²) in [5.41, 5.74) is 4.18. The van der Waals surface area contributed by atoms with Crippen LogP contribution in [0.2, 0.25) is 0 Å². The van der Waals surface area contributed by atoms with Crippen LogP contribution in [-0.2, 0) is 0 Å². The highest BCUT2D eigenvalue weighted by molar-refractivity contribution is 5.31. The fourth-order valence-corrected chi connectivity index (χ4v) is 1.18. The monoisotopic (exact) mass is 255 g/mol. The predicted octanol–water partition coefficient (Wildman–Crippen LogP) is 2.74. The summed E-state index contributed by atoms with van der Waals surface area (Å²) in [4.78, 5) is 0. The van der Waals surface area contributed by atoms with Gasteiger partial charge in [0, 0.05) is 11.6 Å². The fourth-order valence-electron chi connectivity index (χ4n) is 1.18. The second-order valence-electron chi connectivity index (χ2n) is 3.24. The molecule has 96 valence electrons. The minimum atomic E-state index is -4.72. The number of nitrogens with two attached hydrogens (primary N) is 1. The van der Waals surface area contributed by atoms with Gasteiger partial charge in [0.05, 0.1) is 0 Å². The first-order valence-electron chi connectivity index (χ1n) is 4.66. The molecule has 0 heterocycles. The van der Waals surface area contributed by atoms with Crippen LogP contribution in [-0.4, -0.2) is 19.5 Å². The van der Waals surface area contributed by atoms with Gasteiger partial charge in [-0.15, -0.1) is 0 Å². The Labute approximate surface area is 94.2 Å². The number of hydrogen-bond acceptors (Lipinski definition) is 2. The van der Waals surface area contributed by atoms with Crippen LogP contribution in [0, 0.1) is 5.82 Å². The maximum atomic E-state index is 13.3. The van der Waals surface area contributed by atoms with Crippen LogP contribution in [0.25, 0.3) is 0 Å². The number of halogens is 5. The normalized spacial score (nSPS) is 13.5. The predicted molar refractivity (Wildman–Crippen MR) is 50.9 cm³/mol. The smallest absolute Gasteiger partial charge is 0.407 e. The van der Waals surface area contributed by atoms with Crippen LogP contribution in [0.1, 0.15) is 11.6 Å². The molecule has 17 heavy (non-hydrogen) atoms. The third kappa shape index (κ3) is 3.55. The summed E-state index contributed by atoms with van der Waals surface area (Å²) in [5, 5.41) is 0. The van der Waals surface area contributed by atoms with Gasteiger partial charge in [0.2, 0.25) is 0 Å². The Morgan fingerprint density at radius 3 is 2.41 bits per heavy atom. The van der Waals surface area contributed by atoms with Crippen LogP contribution < -0.4 is 10.5 Å². The third-order valence-electron chi connectivity index (χ3n) is 2.01. The molecule has 2 N–H and O–H groups in total. The summed E-state index contributed by atoms with van der Waals surface area (Å²) in [6.45, 7) is -1.06. The Hall–Kier alpha value is -1.37. The Balaban J connectivity index is 2.90. The number of alkyl halides is 4. The first kappa shape index (κ1) is 13.7. The van der Waals surface area contributed by atoms with Crippen LogP contribution in [0.15, 0.2) is 18.2 Å². The van der Waals surface area contributed by atoms with Crippen molar-refractivity contribution in [1.82, 2.24) is 0 Å². The first-order valence-corrected chi connectivity index (χ1v) is 4.66. The molecule has 0 aliphatic heterocycles. The zero-order valence-corrected chi connectivity index (χ0v) is 8.60. The molecular weight excluding hydrogens is 245 g/mol. The van der Waals surface area contributed by atoms with Crippen molar-refractivity contribution < 1.29 is 26.7 Å². The van der Waals surface area contributed by atoms with Gasteiger partial charge < -0.3 is 10.5 Å². The molecule has 1 atom stereocenters. The van der Waals surface area contributed by atoms with E-state index in [0.717, 1.165) is 18.2 Å². The highest BCUT2D eigenvalue weighted by Crippen LogP contribution is 2.32. The molecule has 7 heteroatoms. The molecule has 0 amide bonds. The van der Waals surface area contributed by atoms with Gasteiger partial charge in [-0.25, -0.2) is 8.78 Å². The Morgan fingerprint density at radius 1 is 1.29 bits per heavy atom. The average Bonchev–Trinajstić information content (AvgIpc) is 2.24. The third-order valence-corrected chi connectivity index (χ3v) is 2.01. The molecule has 0 saturated heterocycles. The highest BCUT2D eigenvalue weighted by atomic mass is 19.4. The van der Waals surface area contributed by atoms with Gasteiger partial charge in [-0.2, -0.15) is 13.2 Å². The fraction of sp³-hybridized carbons (Fsp3) is 0.400. The van der Waals surface area contributed by atoms with E-state index in [4.69, 9.17) is 10.5 Å². The van der Waals surface area contributed by atoms with Crippen molar-refractivity contribution in [3.8, 4) is 5.75 Å². The molecule has 0 aromatic heterocycles. The lowest BCUT2D eigenvalue weighted by molar-refractivity contribution is -0.149. The van der Waals surface area contributed by atoms with Gasteiger partial charge in [-0.1, -0.05) is 6.07 Å². The number of hydrogen-bond donors (Lipinski definition) is 1. The summed E-state index contributed by atoms with van der Waals surface area (Å²) in [6, 6.07) is 0.342. The molecule has 1 aromatic carbocycles. The first-order chi connectivity index (χ1) is 7.86. The van der Waals surface area contributed by atoms with E-state index >= 15 is 0 Å². The van der Waals surface area contributed by atoms with Gasteiger partial charge >= 0.3 is 6.18 Å². The van der Waals surface area contributed by atoms with E-state index in [0.29, 0.717) is 0 Å². The summed E-state index contributed by atoms with van der Waals surface area (Å²) < 4.78 is 66.5. The molecule has 0 radical (unpaired) electrons. The maximum Gasteiger partial charge on any atom is 0.407 e. The molecule has 0 fully saturated rings. The minimum Gasteiger partial charge on any atom is -0.491 e. The zero-order chi connectivity index (χ0) is 13.1. The minimum absolute atomic E-state index is 0.0433. The molecule has 1 aromatic rings. The van der Waals surface area contributed by atoms with E-state index in [-0.39, 0.29) is 12.4 Å². The second kappa shape index (κ2) is 5.31. The van der Waals surface area contributed by atoms with E-state index in [9.17, 15) is 22.0 Å². The summed E-state index contributed by atoms with van der Waals surface area (Å²) in [7, 11) is 0. The Morgan fingerprint density at radius 2 is 1.94 bits per heavy atom. The summed E-state index contributed by atoms with van der Waals surface area (Å²) >= 11 is 0. The van der Waals surface area contributed by atoms with E-state index in [2.05, 4.69) is 0 Å². The number of benzene rings is 1. The molecular formula is C10H10F5NO. The lowest BCUT2D eigenvalue weighted by Crippen LogP contribution is -2.29. The van der Waals surface area contributed by atoms with Gasteiger partial charge in [-0.05, 0) is 6.07 Å². The summed E-state index contributed by atoms with van der Waals surface area (Å²) in [6.07, 6.45) is -4.72. The molecule has 0 aliphatic carbocycles. The second-order valence-corrected chi connectivity index (χ2v) is 3.24. The van der Waals surface area contributed by atoms with E-state index < -0.39 is 30.3 Å². The van der Waals surface area contributed by atoms with Crippen molar-refractivity contribution >= 4 is 0 Å². The van der Waals surface area contributed by atoms with Gasteiger partial charge in [0.1, 0.15) is 30.9 Å². The SMILES string of the molecule is N[C@@H](c1ccc(OCCF)cc1F)C(F)(F)F. The van der Waals surface area contributed by atoms with Crippen LogP contribution in [0.5, 0.6) is 5.75 Å². The van der Waals surface area contributed by atoms with Gasteiger partial charge in [0.15, 0.2) is 0 Å². The molecule has 0 bridgehead atoms. The molecule has 2 nitrogen and oxygen atoms in total. The van der Waals surface area contributed by atoms with Crippen LogP contribution in [0.3, 0.4) is 0 Å². The standard InChI is InChI=1S/C10H10F5NO/c11-3-4-17-6-1-2-7(8(12)5-6)9(16)10(13,14)15/h1-2,5,9H,3-4,16H2/t9-/m0/s1. The van der Waals surface area contributed by atoms with Crippen molar-refractivity contribution in [2.75, 3.05) is 13.3 Å². The lowest BCUT2D eigenvalue weighted by atomic mass is 10.1. The van der Waals surface area contributed by atoms with Crippen molar-refractivity contribution in [2.24, 2.45) is 5.73 Å². The van der Waals surface area contributed by atoms with Gasteiger partial charge in [0.25, 0.3) is 0 Å². The van der Waals surface area contributed by atoms with E-state index in [1.807, 2.05) is 0 Å². The quantitative estimate of drug-likeness (QED) is 0.839. The maximum absolute atomic E-state index is 13.3. The highest BCUT2D eigenvalue weighted by Gasteiger charge is 2.39. The lowest BCUT2D eigenvalue weighted by Gasteiger charge is -2.17. The van der Waals surface area contributed by atoms with Crippen molar-refractivity contribution in [3.63, 3.8) is 0 Å². The topological polar surface area (TPSA) is 35.2 Å². The molecule has 0 aliphatic rings. The number of rotatable bonds is 4. The largest absolute Gasteiger partial charge is 0.491 e. The van der Waals surface area contributed by atoms with Crippen molar-refractivity contribution in [1.29, 1.82) is 0 Å². The Kier molecular flexibility index (Phi) is 4.28. The Bertz CT molecular complexity index is 379. The molecule has 0 spiro atoms. The zero-order valence-electron chi connectivity index (χ0n) is 8.60. The summed E-state index contributed by atoms with van der Waals surface area (Å²) in [5.74, 6) is -1.18. The van der Waals surface area contributed by atoms with Crippen molar-refractivity contribution in [3.05, 3.63) is 29.6 Å². The van der Waals surface area contributed by atoms with Crippen LogP contribution >= 0.6 is 0 Å². The molecule has 0 unspecified atom stereocenters. The van der Waals surface area contributed by atoms with Crippen LogP contribution in [0.4, 0.5) is 22.0 Å². The van der Waals surface area contributed by atoms with E-state index in [1.165, 1.54) is 0 Å². The molecule has 1 rings (SSSR count). The number of ether oxygens (including phenoxy) is 1. The average molecular weight is 255 g/mol. The van der Waals surface area contributed by atoms with Gasteiger partial charge in [-0.3, -0.25) is 0 Å².